The number of halogens is 1. The van der Waals surface area contributed by atoms with Gasteiger partial charge in [-0.25, -0.2) is 0 Å². The topological polar surface area (TPSA) is 78.7 Å². The number of piperazine rings is 1. The van der Waals surface area contributed by atoms with Crippen molar-refractivity contribution in [3.63, 3.8) is 0 Å². The molecule has 0 aromatic heterocycles. The third-order valence-corrected chi connectivity index (χ3v) is 6.30. The predicted octanol–water partition coefficient (Wildman–Crippen LogP) is 3.95. The van der Waals surface area contributed by atoms with E-state index >= 15 is 0 Å². The first-order chi connectivity index (χ1) is 14.9. The lowest BCUT2D eigenvalue weighted by atomic mass is 10.0. The smallest absolute Gasteiger partial charge is 0.294 e. The van der Waals surface area contributed by atoms with Crippen molar-refractivity contribution in [1.29, 1.82) is 0 Å². The molecule has 2 aromatic rings. The van der Waals surface area contributed by atoms with Crippen LogP contribution in [0.2, 0.25) is 5.02 Å². The zero-order chi connectivity index (χ0) is 22.0. The number of rotatable bonds is 7. The number of nitro benzene ring substituents is 1. The van der Waals surface area contributed by atoms with E-state index in [-0.39, 0.29) is 17.6 Å². The molecule has 31 heavy (non-hydrogen) atoms. The van der Waals surface area contributed by atoms with E-state index in [1.54, 1.807) is 12.1 Å². The highest BCUT2D eigenvalue weighted by atomic mass is 35.5. The van der Waals surface area contributed by atoms with Crippen molar-refractivity contribution >= 4 is 28.9 Å². The minimum absolute atomic E-state index is 0.0177. The maximum absolute atomic E-state index is 12.8. The Balaban J connectivity index is 1.33. The highest BCUT2D eigenvalue weighted by Gasteiger charge is 2.34. The fraction of sp³-hybridized carbons (Fsp3) is 0.435. The van der Waals surface area contributed by atoms with Crippen LogP contribution in [-0.4, -0.2) is 48.5 Å². The van der Waals surface area contributed by atoms with Gasteiger partial charge >= 0.3 is 0 Å². The molecule has 1 amide bonds. The number of carbonyl (C=O) groups excluding carboxylic acids is 1. The number of hydrogen-bond acceptors (Lipinski definition) is 5. The summed E-state index contributed by atoms with van der Waals surface area (Å²) in [6.07, 6.45) is 2.30. The summed E-state index contributed by atoms with van der Waals surface area (Å²) < 4.78 is 0. The van der Waals surface area contributed by atoms with Gasteiger partial charge in [0.1, 0.15) is 5.69 Å². The maximum Gasteiger partial charge on any atom is 0.294 e. The third-order valence-electron chi connectivity index (χ3n) is 6.06. The van der Waals surface area contributed by atoms with Crippen LogP contribution in [0.5, 0.6) is 0 Å². The zero-order valence-corrected chi connectivity index (χ0v) is 18.3. The van der Waals surface area contributed by atoms with Gasteiger partial charge in [-0.2, -0.15) is 0 Å². The van der Waals surface area contributed by atoms with E-state index in [4.69, 9.17) is 11.6 Å². The van der Waals surface area contributed by atoms with Gasteiger partial charge in [-0.1, -0.05) is 41.4 Å². The number of hydrogen-bond donors (Lipinski definition) is 1. The van der Waals surface area contributed by atoms with Gasteiger partial charge < -0.3 is 10.2 Å². The molecular formula is C23H27ClN4O3. The summed E-state index contributed by atoms with van der Waals surface area (Å²) in [5.41, 5.74) is 2.97. The van der Waals surface area contributed by atoms with E-state index < -0.39 is 4.92 Å². The van der Waals surface area contributed by atoms with Crippen molar-refractivity contribution in [2.75, 3.05) is 37.6 Å². The molecule has 1 saturated heterocycles. The largest absolute Gasteiger partial charge is 0.363 e. The van der Waals surface area contributed by atoms with Gasteiger partial charge in [-0.05, 0) is 43.4 Å². The fourth-order valence-electron chi connectivity index (χ4n) is 4.16. The number of nitrogens with one attached hydrogen (secondary N) is 1. The fourth-order valence-corrected chi connectivity index (χ4v) is 4.32. The van der Waals surface area contributed by atoms with Crippen molar-refractivity contribution in [3.8, 4) is 0 Å². The summed E-state index contributed by atoms with van der Waals surface area (Å²) in [7, 11) is 0. The van der Waals surface area contributed by atoms with Gasteiger partial charge in [0.15, 0.2) is 0 Å². The number of anilines is 1. The molecular weight excluding hydrogens is 416 g/mol. The quantitative estimate of drug-likeness (QED) is 0.519. The molecule has 2 fully saturated rings. The molecule has 2 aromatic carbocycles. The lowest BCUT2D eigenvalue weighted by molar-refractivity contribution is -0.384. The van der Waals surface area contributed by atoms with Gasteiger partial charge in [0.2, 0.25) is 5.91 Å². The first-order valence-electron chi connectivity index (χ1n) is 10.7. The Bertz CT molecular complexity index is 954. The number of nitro groups is 1. The molecule has 1 aliphatic heterocycles. The van der Waals surface area contributed by atoms with E-state index in [9.17, 15) is 14.9 Å². The minimum Gasteiger partial charge on any atom is -0.363 e. The second-order valence-corrected chi connectivity index (χ2v) is 8.88. The molecule has 7 nitrogen and oxygen atoms in total. The Morgan fingerprint density at radius 1 is 1.16 bits per heavy atom. The molecule has 1 heterocycles. The highest BCUT2D eigenvalue weighted by molar-refractivity contribution is 6.30. The van der Waals surface area contributed by atoms with Crippen molar-refractivity contribution in [3.05, 3.63) is 68.7 Å². The zero-order valence-electron chi connectivity index (χ0n) is 17.6. The van der Waals surface area contributed by atoms with Gasteiger partial charge in [-0.15, -0.1) is 0 Å². The first kappa shape index (κ1) is 21.6. The Morgan fingerprint density at radius 2 is 1.84 bits per heavy atom. The minimum atomic E-state index is -0.399. The van der Waals surface area contributed by atoms with Crippen LogP contribution in [0, 0.1) is 23.0 Å². The van der Waals surface area contributed by atoms with Gasteiger partial charge in [0, 0.05) is 37.3 Å². The standard InChI is InChI=1S/C23H27ClN4O3/c1-16-2-4-17(5-3-16)23(18-6-7-18)25-22(29)15-26-10-12-27(13-11-26)20-9-8-19(24)14-21(20)28(30)31/h2-5,8-9,14,18,23H,6-7,10-13,15H2,1H3,(H,25,29). The lowest BCUT2D eigenvalue weighted by Crippen LogP contribution is -2.50. The van der Waals surface area contributed by atoms with Gasteiger partial charge in [0.05, 0.1) is 17.5 Å². The molecule has 1 aliphatic carbocycles. The summed E-state index contributed by atoms with van der Waals surface area (Å²) in [6.45, 7) is 5.00. The lowest BCUT2D eigenvalue weighted by Gasteiger charge is -2.35. The molecule has 0 bridgehead atoms. The molecule has 0 spiro atoms. The molecule has 2 aliphatic rings. The SMILES string of the molecule is Cc1ccc(C(NC(=O)CN2CCN(c3ccc(Cl)cc3[N+](=O)[O-])CC2)C2CC2)cc1. The molecule has 1 unspecified atom stereocenters. The van der Waals surface area contributed by atoms with E-state index in [1.165, 1.54) is 17.2 Å². The number of benzene rings is 2. The summed E-state index contributed by atoms with van der Waals surface area (Å²) in [4.78, 5) is 27.8. The van der Waals surface area contributed by atoms with Crippen LogP contribution in [0.15, 0.2) is 42.5 Å². The number of amides is 1. The first-order valence-corrected chi connectivity index (χ1v) is 11.1. The predicted molar refractivity (Wildman–Crippen MR) is 122 cm³/mol. The number of nitrogens with zero attached hydrogens (tertiary/aromatic N) is 3. The summed E-state index contributed by atoms with van der Waals surface area (Å²) in [6, 6.07) is 13.2. The number of carbonyl (C=O) groups is 1. The molecule has 4 rings (SSSR count). The molecule has 8 heteroatoms. The normalized spacial score (nSPS) is 17.9. The number of aryl methyl sites for hydroxylation is 1. The monoisotopic (exact) mass is 442 g/mol. The highest BCUT2D eigenvalue weighted by Crippen LogP contribution is 2.41. The molecule has 1 atom stereocenters. The summed E-state index contributed by atoms with van der Waals surface area (Å²) >= 11 is 5.92. The van der Waals surface area contributed by atoms with Crippen molar-refractivity contribution in [2.45, 2.75) is 25.8 Å². The summed E-state index contributed by atoms with van der Waals surface area (Å²) in [5, 5.41) is 15.0. The molecule has 0 radical (unpaired) electrons. The average Bonchev–Trinajstić information content (AvgIpc) is 3.59. The molecule has 1 N–H and O–H groups in total. The van der Waals surface area contributed by atoms with E-state index in [1.807, 2.05) is 4.90 Å². The third kappa shape index (κ3) is 5.35. The van der Waals surface area contributed by atoms with Gasteiger partial charge in [0.25, 0.3) is 5.69 Å². The van der Waals surface area contributed by atoms with Crippen LogP contribution in [0.25, 0.3) is 0 Å². The van der Waals surface area contributed by atoms with Gasteiger partial charge in [-0.3, -0.25) is 19.8 Å². The van der Waals surface area contributed by atoms with Crippen molar-refractivity contribution in [1.82, 2.24) is 10.2 Å². The molecule has 1 saturated carbocycles. The second-order valence-electron chi connectivity index (χ2n) is 8.45. The Kier molecular flexibility index (Phi) is 6.43. The van der Waals surface area contributed by atoms with Crippen molar-refractivity contribution < 1.29 is 9.72 Å². The van der Waals surface area contributed by atoms with E-state index in [0.29, 0.717) is 49.4 Å². The van der Waals surface area contributed by atoms with Crippen LogP contribution in [0.4, 0.5) is 11.4 Å². The molecule has 164 valence electrons. The van der Waals surface area contributed by atoms with Crippen LogP contribution in [0.3, 0.4) is 0 Å². The Morgan fingerprint density at radius 3 is 2.45 bits per heavy atom. The van der Waals surface area contributed by atoms with Crippen LogP contribution in [0.1, 0.15) is 30.0 Å². The Labute approximate surface area is 187 Å². The van der Waals surface area contributed by atoms with Crippen LogP contribution >= 0.6 is 11.6 Å². The van der Waals surface area contributed by atoms with Crippen LogP contribution in [-0.2, 0) is 4.79 Å². The summed E-state index contributed by atoms with van der Waals surface area (Å²) in [5.74, 6) is 0.553. The Hall–Kier alpha value is -2.64. The maximum atomic E-state index is 12.8. The average molecular weight is 443 g/mol. The van der Waals surface area contributed by atoms with Crippen LogP contribution < -0.4 is 10.2 Å². The van der Waals surface area contributed by atoms with E-state index in [2.05, 4.69) is 41.4 Å². The van der Waals surface area contributed by atoms with E-state index in [0.717, 1.165) is 12.8 Å². The second kappa shape index (κ2) is 9.24. The van der Waals surface area contributed by atoms with Crippen molar-refractivity contribution in [2.24, 2.45) is 5.92 Å².